The molecular formula is C26H27F3N8O6P+. The van der Waals surface area contributed by atoms with E-state index >= 15 is 0 Å². The van der Waals surface area contributed by atoms with Crippen LogP contribution in [0.5, 0.6) is 5.75 Å². The number of nitrogens with zero attached hydrogens (tertiary/aromatic N) is 5. The van der Waals surface area contributed by atoms with Crippen LogP contribution in [0.4, 0.5) is 36.3 Å². The summed E-state index contributed by atoms with van der Waals surface area (Å²) < 4.78 is 64.3. The number of amides is 1. The van der Waals surface area contributed by atoms with Gasteiger partial charge in [-0.15, -0.1) is 9.42 Å². The van der Waals surface area contributed by atoms with Crippen molar-refractivity contribution in [1.29, 1.82) is 0 Å². The first kappa shape index (κ1) is 32.2. The second kappa shape index (κ2) is 14.2. The minimum Gasteiger partial charge on any atom is -0.495 e. The quantitative estimate of drug-likeness (QED) is 0.132. The number of aliphatic hydroxyl groups excluding tert-OH is 1. The Bertz CT molecular complexity index is 1650. The van der Waals surface area contributed by atoms with Crippen molar-refractivity contribution >= 4 is 37.3 Å². The molecule has 0 aliphatic carbocycles. The average molecular weight is 636 g/mol. The van der Waals surface area contributed by atoms with Crippen LogP contribution in [-0.4, -0.2) is 61.4 Å². The molecule has 0 aliphatic heterocycles. The molecule has 0 saturated carbocycles. The summed E-state index contributed by atoms with van der Waals surface area (Å²) in [6.07, 6.45) is -0.583. The van der Waals surface area contributed by atoms with Gasteiger partial charge in [-0.2, -0.15) is 23.3 Å². The number of halogens is 3. The van der Waals surface area contributed by atoms with Crippen LogP contribution in [0.2, 0.25) is 0 Å². The second-order valence-electron chi connectivity index (χ2n) is 8.99. The topological polar surface area (TPSA) is 186 Å². The normalized spacial score (nSPS) is 11.7. The van der Waals surface area contributed by atoms with E-state index in [0.717, 1.165) is 0 Å². The third-order valence-corrected chi connectivity index (χ3v) is 6.36. The van der Waals surface area contributed by atoms with Crippen molar-refractivity contribution in [2.75, 3.05) is 31.4 Å². The van der Waals surface area contributed by atoms with Crippen molar-refractivity contribution in [2.45, 2.75) is 25.7 Å². The third-order valence-electron chi connectivity index (χ3n) is 6.01. The monoisotopic (exact) mass is 635 g/mol. The van der Waals surface area contributed by atoms with E-state index < -0.39 is 31.7 Å². The zero-order valence-corrected chi connectivity index (χ0v) is 24.2. The van der Waals surface area contributed by atoms with Crippen molar-refractivity contribution in [1.82, 2.24) is 30.0 Å². The number of pyridine rings is 1. The summed E-state index contributed by atoms with van der Waals surface area (Å²) in [7, 11) is -0.0991. The fourth-order valence-electron chi connectivity index (χ4n) is 3.91. The van der Waals surface area contributed by atoms with E-state index in [1.807, 2.05) is 0 Å². The van der Waals surface area contributed by atoms with Crippen LogP contribution in [0.25, 0.3) is 11.3 Å². The molecule has 4 aromatic rings. The Kier molecular flexibility index (Phi) is 10.4. The first-order valence-electron chi connectivity index (χ1n) is 12.8. The first-order chi connectivity index (χ1) is 21.0. The lowest BCUT2D eigenvalue weighted by Crippen LogP contribution is -2.21. The number of hydrogen-bond donors (Lipinski definition) is 5. The van der Waals surface area contributed by atoms with Gasteiger partial charge in [0.15, 0.2) is 5.69 Å². The molecule has 0 bridgehead atoms. The highest BCUT2D eigenvalue weighted by molar-refractivity contribution is 7.32. The highest BCUT2D eigenvalue weighted by atomic mass is 31.1. The van der Waals surface area contributed by atoms with Crippen molar-refractivity contribution < 1.29 is 41.8 Å². The number of methoxy groups -OCH3 is 1. The summed E-state index contributed by atoms with van der Waals surface area (Å²) in [6, 6.07) is 7.47. The Morgan fingerprint density at radius 2 is 1.89 bits per heavy atom. The summed E-state index contributed by atoms with van der Waals surface area (Å²) in [4.78, 5) is 33.8. The van der Waals surface area contributed by atoms with E-state index in [1.165, 1.54) is 44.6 Å². The van der Waals surface area contributed by atoms with Gasteiger partial charge in [0.05, 0.1) is 30.4 Å². The fraction of sp³-hybridized carbons (Fsp3) is 0.269. The van der Waals surface area contributed by atoms with Gasteiger partial charge in [0.25, 0.3) is 5.91 Å². The number of anilines is 4. The Balaban J connectivity index is 1.67. The maximum Gasteiger partial charge on any atom is 0.695 e. The second-order valence-corrected chi connectivity index (χ2v) is 9.72. The van der Waals surface area contributed by atoms with Crippen LogP contribution in [0.15, 0.2) is 48.9 Å². The lowest BCUT2D eigenvalue weighted by atomic mass is 10.1. The minimum absolute atomic E-state index is 0.0140. The van der Waals surface area contributed by atoms with E-state index in [1.54, 1.807) is 16.9 Å². The van der Waals surface area contributed by atoms with E-state index in [9.17, 15) is 22.5 Å². The zero-order valence-electron chi connectivity index (χ0n) is 23.3. The summed E-state index contributed by atoms with van der Waals surface area (Å²) in [5, 5.41) is 21.0. The first-order valence-corrected chi connectivity index (χ1v) is 14.0. The van der Waals surface area contributed by atoms with Gasteiger partial charge in [-0.05, 0) is 36.2 Å². The van der Waals surface area contributed by atoms with E-state index in [0.29, 0.717) is 36.0 Å². The Morgan fingerprint density at radius 3 is 2.57 bits per heavy atom. The number of aliphatic hydroxyl groups is 1. The van der Waals surface area contributed by atoms with Gasteiger partial charge in [-0.1, -0.05) is 6.07 Å². The molecule has 5 N–H and O–H groups in total. The molecule has 0 spiro atoms. The largest absolute Gasteiger partial charge is 0.695 e. The Labute approximate surface area is 249 Å². The predicted molar refractivity (Wildman–Crippen MR) is 152 cm³/mol. The molecule has 1 atom stereocenters. The summed E-state index contributed by atoms with van der Waals surface area (Å²) in [6.45, 7) is 0.263. The predicted octanol–water partition coefficient (Wildman–Crippen LogP) is 4.16. The van der Waals surface area contributed by atoms with Crippen LogP contribution in [0.1, 0.15) is 28.0 Å². The molecule has 0 fully saturated rings. The van der Waals surface area contributed by atoms with Gasteiger partial charge < -0.3 is 25.8 Å². The maximum atomic E-state index is 14.0. The van der Waals surface area contributed by atoms with Crippen LogP contribution in [-0.2, 0) is 28.4 Å². The van der Waals surface area contributed by atoms with E-state index in [2.05, 4.69) is 40.5 Å². The molecule has 14 nitrogen and oxygen atoms in total. The average Bonchev–Trinajstić information content (AvgIpc) is 3.47. The Hall–Kier alpha value is -4.70. The molecule has 3 aromatic heterocycles. The van der Waals surface area contributed by atoms with Crippen molar-refractivity contribution in [3.63, 3.8) is 0 Å². The summed E-state index contributed by atoms with van der Waals surface area (Å²) in [5.41, 5.74) is 0.233. The molecule has 0 radical (unpaired) electrons. The van der Waals surface area contributed by atoms with Crippen LogP contribution >= 0.6 is 8.25 Å². The smallest absolute Gasteiger partial charge is 0.495 e. The van der Waals surface area contributed by atoms with Crippen molar-refractivity contribution in [2.24, 2.45) is 0 Å². The van der Waals surface area contributed by atoms with Crippen LogP contribution in [0.3, 0.4) is 0 Å². The van der Waals surface area contributed by atoms with Crippen molar-refractivity contribution in [3.8, 4) is 17.0 Å². The van der Waals surface area contributed by atoms with Crippen molar-refractivity contribution in [3.05, 3.63) is 65.7 Å². The number of ether oxygens (including phenoxy) is 1. The number of aromatic nitrogens is 5. The molecule has 0 saturated heterocycles. The van der Waals surface area contributed by atoms with E-state index in [-0.39, 0.29) is 42.0 Å². The number of carbonyl (C=O) groups excluding carboxylic acids is 1. The summed E-state index contributed by atoms with van der Waals surface area (Å²) >= 11 is 0. The number of aryl methyl sites for hydroxylation is 1. The van der Waals surface area contributed by atoms with E-state index in [4.69, 9.17) is 14.7 Å². The number of carbonyl (C=O) groups is 1. The SMILES string of the molecule is CNC(=O)c1nc(-c2cnn(CCCO)c2)ccc1Nc1nc(Nc2ccc(CO[P+](=O)O)cc2OC)ncc1C(F)(F)F. The molecule has 18 heteroatoms. The highest BCUT2D eigenvalue weighted by Gasteiger charge is 2.36. The Morgan fingerprint density at radius 1 is 1.11 bits per heavy atom. The van der Waals surface area contributed by atoms with Crippen LogP contribution in [0, 0.1) is 0 Å². The number of nitrogens with one attached hydrogen (secondary N) is 3. The lowest BCUT2D eigenvalue weighted by molar-refractivity contribution is -0.137. The number of rotatable bonds is 13. The number of alkyl halides is 3. The molecule has 3 heterocycles. The molecule has 4 rings (SSSR count). The molecule has 1 aromatic carbocycles. The highest BCUT2D eigenvalue weighted by Crippen LogP contribution is 2.37. The third kappa shape index (κ3) is 8.02. The molecule has 44 heavy (non-hydrogen) atoms. The van der Waals surface area contributed by atoms with Gasteiger partial charge in [-0.3, -0.25) is 9.48 Å². The maximum absolute atomic E-state index is 14.0. The molecule has 232 valence electrons. The van der Waals surface area contributed by atoms with Gasteiger partial charge in [0.1, 0.15) is 23.7 Å². The summed E-state index contributed by atoms with van der Waals surface area (Å²) in [5.74, 6) is -1.31. The fourth-order valence-corrected chi connectivity index (χ4v) is 4.17. The molecule has 1 amide bonds. The minimum atomic E-state index is -4.85. The van der Waals surface area contributed by atoms with Gasteiger partial charge in [0, 0.05) is 42.7 Å². The lowest BCUT2D eigenvalue weighted by Gasteiger charge is -2.17. The van der Waals surface area contributed by atoms with Crippen LogP contribution < -0.4 is 20.7 Å². The van der Waals surface area contributed by atoms with Gasteiger partial charge in [-0.25, -0.2) is 9.97 Å². The molecule has 0 aliphatic rings. The molecule has 1 unspecified atom stereocenters. The standard InChI is InChI=1S/C26H26F3N8O6P/c1-30-24(39)22-20(7-6-18(33-22)16-11-32-37(13-16)8-3-9-38)34-23-17(26(27,28)29)12-31-25(36-23)35-19-5-4-15(10-21(19)42-2)14-43-44(40)41/h4-7,10-13,38H,3,8-9,14H2,1-2H3,(H3-,30,31,34,35,36,39,40,41)/p+1. The number of benzene rings is 1. The van der Waals surface area contributed by atoms with Gasteiger partial charge in [0.2, 0.25) is 5.95 Å². The number of hydrogen-bond acceptors (Lipinski definition) is 11. The zero-order chi connectivity index (χ0) is 31.9. The molecular weight excluding hydrogens is 608 g/mol. The van der Waals surface area contributed by atoms with Gasteiger partial charge >= 0.3 is 14.4 Å².